The van der Waals surface area contributed by atoms with Crippen LogP contribution in [0, 0.1) is 18.8 Å². The van der Waals surface area contributed by atoms with Gasteiger partial charge in [-0.05, 0) is 44.4 Å². The van der Waals surface area contributed by atoms with E-state index in [0.29, 0.717) is 0 Å². The number of hydrogen-bond donors (Lipinski definition) is 1. The second kappa shape index (κ2) is 7.62. The van der Waals surface area contributed by atoms with Crippen molar-refractivity contribution in [2.75, 3.05) is 29.9 Å². The summed E-state index contributed by atoms with van der Waals surface area (Å²) in [6.07, 6.45) is 6.93. The van der Waals surface area contributed by atoms with Gasteiger partial charge in [-0.25, -0.2) is 4.98 Å². The summed E-state index contributed by atoms with van der Waals surface area (Å²) in [6, 6.07) is 0. The van der Waals surface area contributed by atoms with Crippen molar-refractivity contribution in [1.82, 2.24) is 9.97 Å². The highest BCUT2D eigenvalue weighted by molar-refractivity contribution is 5.49. The first-order valence-electron chi connectivity index (χ1n) is 8.44. The highest BCUT2D eigenvalue weighted by atomic mass is 15.2. The first-order valence-corrected chi connectivity index (χ1v) is 8.44. The maximum absolute atomic E-state index is 4.75. The van der Waals surface area contributed by atoms with Gasteiger partial charge < -0.3 is 10.2 Å². The molecule has 1 aromatic heterocycles. The van der Waals surface area contributed by atoms with Crippen LogP contribution in [-0.4, -0.2) is 29.6 Å². The molecule has 1 aliphatic heterocycles. The summed E-state index contributed by atoms with van der Waals surface area (Å²) in [5.41, 5.74) is 1.18. The van der Waals surface area contributed by atoms with Crippen LogP contribution in [0.15, 0.2) is 6.20 Å². The van der Waals surface area contributed by atoms with Gasteiger partial charge in [0.2, 0.25) is 5.95 Å². The zero-order valence-electron chi connectivity index (χ0n) is 14.0. The van der Waals surface area contributed by atoms with E-state index in [1.165, 1.54) is 24.8 Å². The van der Waals surface area contributed by atoms with Crippen LogP contribution in [0.2, 0.25) is 0 Å². The van der Waals surface area contributed by atoms with E-state index in [1.54, 1.807) is 0 Å². The minimum Gasteiger partial charge on any atom is -0.356 e. The number of nitrogens with one attached hydrogen (secondary N) is 1. The van der Waals surface area contributed by atoms with E-state index < -0.39 is 0 Å². The van der Waals surface area contributed by atoms with Crippen molar-refractivity contribution in [1.29, 1.82) is 0 Å². The van der Waals surface area contributed by atoms with Crippen molar-refractivity contribution < 1.29 is 0 Å². The second-order valence-corrected chi connectivity index (χ2v) is 6.55. The van der Waals surface area contributed by atoms with Crippen LogP contribution in [0.1, 0.15) is 52.0 Å². The summed E-state index contributed by atoms with van der Waals surface area (Å²) in [5.74, 6) is 3.53. The molecule has 1 saturated heterocycles. The topological polar surface area (TPSA) is 41.1 Å². The Kier molecular flexibility index (Phi) is 5.83. The van der Waals surface area contributed by atoms with Crippen molar-refractivity contribution in [3.63, 3.8) is 0 Å². The van der Waals surface area contributed by atoms with Crippen LogP contribution in [0.5, 0.6) is 0 Å². The van der Waals surface area contributed by atoms with Gasteiger partial charge in [-0.2, -0.15) is 4.98 Å². The first kappa shape index (κ1) is 16.1. The van der Waals surface area contributed by atoms with Gasteiger partial charge in [-0.3, -0.25) is 0 Å². The van der Waals surface area contributed by atoms with Crippen LogP contribution in [0.4, 0.5) is 11.8 Å². The van der Waals surface area contributed by atoms with Crippen LogP contribution in [-0.2, 0) is 0 Å². The zero-order valence-corrected chi connectivity index (χ0v) is 14.0. The summed E-state index contributed by atoms with van der Waals surface area (Å²) in [7, 11) is 0. The fourth-order valence-electron chi connectivity index (χ4n) is 3.08. The molecule has 0 amide bonds. The molecule has 21 heavy (non-hydrogen) atoms. The standard InChI is InChI=1S/C17H30N4/c1-5-9-18-17-19-12-14(4)16(20-17)21-10-6-7-15(8-11-21)13(2)3/h12-13,15H,5-11H2,1-4H3,(H,18,19,20). The van der Waals surface area contributed by atoms with Crippen molar-refractivity contribution in [2.24, 2.45) is 11.8 Å². The average Bonchev–Trinajstić information content (AvgIpc) is 2.72. The molecule has 0 aromatic carbocycles. The monoisotopic (exact) mass is 290 g/mol. The average molecular weight is 290 g/mol. The summed E-state index contributed by atoms with van der Waals surface area (Å²) in [4.78, 5) is 11.6. The molecule has 118 valence electrons. The van der Waals surface area contributed by atoms with E-state index in [1.807, 2.05) is 6.20 Å². The Hall–Kier alpha value is -1.32. The Morgan fingerprint density at radius 3 is 2.86 bits per heavy atom. The highest BCUT2D eigenvalue weighted by Crippen LogP contribution is 2.28. The van der Waals surface area contributed by atoms with Crippen LogP contribution in [0.25, 0.3) is 0 Å². The molecule has 4 heteroatoms. The smallest absolute Gasteiger partial charge is 0.224 e. The molecular weight excluding hydrogens is 260 g/mol. The van der Waals surface area contributed by atoms with E-state index in [-0.39, 0.29) is 0 Å². The Balaban J connectivity index is 2.09. The molecule has 1 unspecified atom stereocenters. The van der Waals surface area contributed by atoms with Gasteiger partial charge in [-0.15, -0.1) is 0 Å². The summed E-state index contributed by atoms with van der Waals surface area (Å²) >= 11 is 0. The minimum atomic E-state index is 0.766. The maximum atomic E-state index is 4.75. The molecule has 1 aliphatic rings. The third-order valence-corrected chi connectivity index (χ3v) is 4.49. The lowest BCUT2D eigenvalue weighted by Crippen LogP contribution is -2.27. The van der Waals surface area contributed by atoms with E-state index in [0.717, 1.165) is 49.7 Å². The van der Waals surface area contributed by atoms with Gasteiger partial charge in [0.25, 0.3) is 0 Å². The Morgan fingerprint density at radius 1 is 1.33 bits per heavy atom. The molecule has 0 aliphatic carbocycles. The fourth-order valence-corrected chi connectivity index (χ4v) is 3.08. The second-order valence-electron chi connectivity index (χ2n) is 6.55. The zero-order chi connectivity index (χ0) is 15.2. The Bertz CT molecular complexity index is 444. The SMILES string of the molecule is CCCNc1ncc(C)c(N2CCCC(C(C)C)CC2)n1. The molecule has 4 nitrogen and oxygen atoms in total. The fraction of sp³-hybridized carbons (Fsp3) is 0.765. The molecule has 1 atom stereocenters. The van der Waals surface area contributed by atoms with Crippen LogP contribution in [0.3, 0.4) is 0 Å². The normalized spacial score (nSPS) is 19.7. The summed E-state index contributed by atoms with van der Waals surface area (Å²) in [6.45, 7) is 12.1. The molecule has 1 N–H and O–H groups in total. The molecule has 2 rings (SSSR count). The summed E-state index contributed by atoms with van der Waals surface area (Å²) in [5, 5.41) is 3.29. The van der Waals surface area contributed by atoms with Gasteiger partial charge in [0.05, 0.1) is 0 Å². The van der Waals surface area contributed by atoms with Crippen molar-refractivity contribution in [2.45, 2.75) is 53.4 Å². The number of aromatic nitrogens is 2. The Labute approximate surface area is 129 Å². The van der Waals surface area contributed by atoms with E-state index in [2.05, 4.69) is 42.9 Å². The lowest BCUT2D eigenvalue weighted by atomic mass is 9.89. The van der Waals surface area contributed by atoms with Crippen LogP contribution < -0.4 is 10.2 Å². The number of nitrogens with zero attached hydrogens (tertiary/aromatic N) is 3. The summed E-state index contributed by atoms with van der Waals surface area (Å²) < 4.78 is 0. The molecular formula is C17H30N4. The predicted octanol–water partition coefficient (Wildman–Crippen LogP) is 3.87. The van der Waals surface area contributed by atoms with E-state index >= 15 is 0 Å². The van der Waals surface area contributed by atoms with Crippen molar-refractivity contribution in [3.05, 3.63) is 11.8 Å². The van der Waals surface area contributed by atoms with Gasteiger partial charge in [-0.1, -0.05) is 20.8 Å². The lowest BCUT2D eigenvalue weighted by molar-refractivity contribution is 0.351. The molecule has 1 aromatic rings. The third kappa shape index (κ3) is 4.32. The lowest BCUT2D eigenvalue weighted by Gasteiger charge is -2.24. The van der Waals surface area contributed by atoms with E-state index in [4.69, 9.17) is 4.98 Å². The predicted molar refractivity (Wildman–Crippen MR) is 89.9 cm³/mol. The third-order valence-electron chi connectivity index (χ3n) is 4.49. The van der Waals surface area contributed by atoms with Crippen molar-refractivity contribution in [3.8, 4) is 0 Å². The molecule has 0 radical (unpaired) electrons. The van der Waals surface area contributed by atoms with Gasteiger partial charge in [0.15, 0.2) is 0 Å². The van der Waals surface area contributed by atoms with Gasteiger partial charge in [0, 0.05) is 31.4 Å². The van der Waals surface area contributed by atoms with E-state index in [9.17, 15) is 0 Å². The van der Waals surface area contributed by atoms with Crippen LogP contribution >= 0.6 is 0 Å². The molecule has 0 bridgehead atoms. The van der Waals surface area contributed by atoms with Gasteiger partial charge >= 0.3 is 0 Å². The minimum absolute atomic E-state index is 0.766. The molecule has 0 spiro atoms. The number of hydrogen-bond acceptors (Lipinski definition) is 4. The molecule has 0 saturated carbocycles. The largest absolute Gasteiger partial charge is 0.356 e. The number of rotatable bonds is 5. The highest BCUT2D eigenvalue weighted by Gasteiger charge is 2.21. The maximum Gasteiger partial charge on any atom is 0.224 e. The Morgan fingerprint density at radius 2 is 2.14 bits per heavy atom. The number of aryl methyl sites for hydroxylation is 1. The number of anilines is 2. The quantitative estimate of drug-likeness (QED) is 0.893. The van der Waals surface area contributed by atoms with Gasteiger partial charge in [0.1, 0.15) is 5.82 Å². The first-order chi connectivity index (χ1) is 10.1. The molecule has 1 fully saturated rings. The van der Waals surface area contributed by atoms with Crippen molar-refractivity contribution >= 4 is 11.8 Å². The molecule has 2 heterocycles.